The van der Waals surface area contributed by atoms with Crippen molar-refractivity contribution in [2.45, 2.75) is 12.5 Å². The summed E-state index contributed by atoms with van der Waals surface area (Å²) >= 11 is 5.86. The maximum atomic E-state index is 9.02. The molecule has 0 aliphatic carbocycles. The van der Waals surface area contributed by atoms with Crippen molar-refractivity contribution in [1.29, 1.82) is 0 Å². The van der Waals surface area contributed by atoms with Crippen LogP contribution < -0.4 is 4.90 Å². The summed E-state index contributed by atoms with van der Waals surface area (Å²) in [6.45, 7) is 2.48. The molecule has 1 N–H and O–H groups in total. The van der Waals surface area contributed by atoms with E-state index in [2.05, 4.69) is 4.90 Å². The van der Waals surface area contributed by atoms with Gasteiger partial charge in [0.2, 0.25) is 0 Å². The van der Waals surface area contributed by atoms with Gasteiger partial charge in [-0.15, -0.1) is 0 Å². The maximum Gasteiger partial charge on any atom is 0.0671 e. The van der Waals surface area contributed by atoms with Crippen LogP contribution in [0, 0.1) is 0 Å². The number of aliphatic hydroxyl groups is 1. The van der Waals surface area contributed by atoms with Crippen LogP contribution >= 0.6 is 11.6 Å². The molecule has 3 nitrogen and oxygen atoms in total. The molecule has 0 radical (unpaired) electrons. The molecule has 0 saturated carbocycles. The van der Waals surface area contributed by atoms with Gasteiger partial charge in [-0.2, -0.15) is 0 Å². The monoisotopic (exact) mass is 241 g/mol. The van der Waals surface area contributed by atoms with Gasteiger partial charge in [-0.05, 0) is 30.7 Å². The molecule has 0 amide bonds. The number of aliphatic hydroxyl groups excluding tert-OH is 1. The first-order chi connectivity index (χ1) is 7.81. The number of morpholine rings is 1. The maximum absolute atomic E-state index is 9.02. The number of ether oxygens (including phenoxy) is 1. The molecular weight excluding hydrogens is 226 g/mol. The summed E-state index contributed by atoms with van der Waals surface area (Å²) in [6, 6.07) is 8.07. The first-order valence-electron chi connectivity index (χ1n) is 5.52. The predicted molar refractivity (Wildman–Crippen MR) is 65.1 cm³/mol. The lowest BCUT2D eigenvalue weighted by molar-refractivity contribution is 0.0850. The summed E-state index contributed by atoms with van der Waals surface area (Å²) < 4.78 is 5.43. The number of rotatable bonds is 3. The lowest BCUT2D eigenvalue weighted by Crippen LogP contribution is -2.46. The molecule has 1 saturated heterocycles. The van der Waals surface area contributed by atoms with Gasteiger partial charge in [0.1, 0.15) is 0 Å². The first-order valence-corrected chi connectivity index (χ1v) is 5.90. The topological polar surface area (TPSA) is 32.7 Å². The minimum Gasteiger partial charge on any atom is -0.396 e. The van der Waals surface area contributed by atoms with Gasteiger partial charge in [0.15, 0.2) is 0 Å². The Hall–Kier alpha value is -0.770. The second kappa shape index (κ2) is 5.53. The number of benzene rings is 1. The Labute approximate surface area is 101 Å². The van der Waals surface area contributed by atoms with Crippen LogP contribution in [0.1, 0.15) is 6.42 Å². The van der Waals surface area contributed by atoms with E-state index >= 15 is 0 Å². The van der Waals surface area contributed by atoms with Crippen molar-refractivity contribution in [3.8, 4) is 0 Å². The highest BCUT2D eigenvalue weighted by Crippen LogP contribution is 2.23. The Balaban J connectivity index is 2.13. The van der Waals surface area contributed by atoms with Crippen molar-refractivity contribution in [2.24, 2.45) is 0 Å². The molecule has 88 valence electrons. The third-order valence-corrected chi connectivity index (χ3v) is 3.10. The summed E-state index contributed by atoms with van der Waals surface area (Å²) in [5, 5.41) is 9.77. The average Bonchev–Trinajstić information content (AvgIpc) is 2.32. The van der Waals surface area contributed by atoms with E-state index in [0.29, 0.717) is 6.61 Å². The Morgan fingerprint density at radius 2 is 2.12 bits per heavy atom. The van der Waals surface area contributed by atoms with E-state index < -0.39 is 0 Å². The molecule has 1 unspecified atom stereocenters. The van der Waals surface area contributed by atoms with Crippen LogP contribution in [0.3, 0.4) is 0 Å². The zero-order valence-corrected chi connectivity index (χ0v) is 9.86. The van der Waals surface area contributed by atoms with Crippen molar-refractivity contribution >= 4 is 17.3 Å². The molecule has 1 aromatic carbocycles. The van der Waals surface area contributed by atoms with Gasteiger partial charge < -0.3 is 14.7 Å². The zero-order chi connectivity index (χ0) is 11.4. The van der Waals surface area contributed by atoms with Crippen LogP contribution in [-0.2, 0) is 4.74 Å². The van der Waals surface area contributed by atoms with Gasteiger partial charge in [0.05, 0.1) is 19.3 Å². The third kappa shape index (κ3) is 2.67. The highest BCUT2D eigenvalue weighted by Gasteiger charge is 2.22. The molecule has 0 aromatic heterocycles. The molecule has 0 spiro atoms. The average molecular weight is 242 g/mol. The molecular formula is C12H16ClNO2. The van der Waals surface area contributed by atoms with Gasteiger partial charge in [-0.1, -0.05) is 11.6 Å². The van der Waals surface area contributed by atoms with Gasteiger partial charge in [0, 0.05) is 23.9 Å². The van der Waals surface area contributed by atoms with Crippen molar-refractivity contribution in [1.82, 2.24) is 0 Å². The molecule has 1 fully saturated rings. The fraction of sp³-hybridized carbons (Fsp3) is 0.500. The van der Waals surface area contributed by atoms with E-state index in [1.54, 1.807) is 0 Å². The van der Waals surface area contributed by atoms with Crippen LogP contribution in [-0.4, -0.2) is 37.5 Å². The number of anilines is 1. The summed E-state index contributed by atoms with van der Waals surface area (Å²) in [5.41, 5.74) is 1.14. The second-order valence-electron chi connectivity index (χ2n) is 3.91. The van der Waals surface area contributed by atoms with E-state index in [0.717, 1.165) is 30.3 Å². The largest absolute Gasteiger partial charge is 0.396 e. The van der Waals surface area contributed by atoms with Gasteiger partial charge in [-0.25, -0.2) is 0 Å². The molecule has 4 heteroatoms. The van der Waals surface area contributed by atoms with E-state index in [-0.39, 0.29) is 12.6 Å². The van der Waals surface area contributed by atoms with E-state index in [1.165, 1.54) is 0 Å². The Morgan fingerprint density at radius 1 is 1.38 bits per heavy atom. The summed E-state index contributed by atoms with van der Waals surface area (Å²) in [6.07, 6.45) is 0.739. The smallest absolute Gasteiger partial charge is 0.0671 e. The van der Waals surface area contributed by atoms with Crippen molar-refractivity contribution in [3.63, 3.8) is 0 Å². The number of nitrogens with zero attached hydrogens (tertiary/aromatic N) is 1. The SMILES string of the molecule is OCCC1COCCN1c1ccc(Cl)cc1. The molecule has 1 aromatic rings. The van der Waals surface area contributed by atoms with Crippen LogP contribution in [0.4, 0.5) is 5.69 Å². The van der Waals surface area contributed by atoms with Crippen molar-refractivity contribution in [2.75, 3.05) is 31.3 Å². The second-order valence-corrected chi connectivity index (χ2v) is 4.35. The molecule has 0 bridgehead atoms. The summed E-state index contributed by atoms with van der Waals surface area (Å²) in [5.74, 6) is 0. The lowest BCUT2D eigenvalue weighted by Gasteiger charge is -2.37. The highest BCUT2D eigenvalue weighted by atomic mass is 35.5. The molecule has 16 heavy (non-hydrogen) atoms. The van der Waals surface area contributed by atoms with Gasteiger partial charge >= 0.3 is 0 Å². The Morgan fingerprint density at radius 3 is 2.81 bits per heavy atom. The third-order valence-electron chi connectivity index (χ3n) is 2.85. The first kappa shape index (κ1) is 11.7. The number of hydrogen-bond donors (Lipinski definition) is 1. The van der Waals surface area contributed by atoms with E-state index in [9.17, 15) is 0 Å². The molecule has 1 aliphatic rings. The number of hydrogen-bond acceptors (Lipinski definition) is 3. The normalized spacial score (nSPS) is 21.1. The lowest BCUT2D eigenvalue weighted by atomic mass is 10.1. The minimum atomic E-state index is 0.193. The van der Waals surface area contributed by atoms with Gasteiger partial charge in [0.25, 0.3) is 0 Å². The highest BCUT2D eigenvalue weighted by molar-refractivity contribution is 6.30. The zero-order valence-electron chi connectivity index (χ0n) is 9.10. The van der Waals surface area contributed by atoms with Crippen molar-refractivity contribution < 1.29 is 9.84 Å². The van der Waals surface area contributed by atoms with Gasteiger partial charge in [-0.3, -0.25) is 0 Å². The van der Waals surface area contributed by atoms with Crippen LogP contribution in [0.25, 0.3) is 0 Å². The van der Waals surface area contributed by atoms with E-state index in [4.69, 9.17) is 21.4 Å². The minimum absolute atomic E-state index is 0.193. The molecule has 1 atom stereocenters. The van der Waals surface area contributed by atoms with Crippen LogP contribution in [0.15, 0.2) is 24.3 Å². The summed E-state index contributed by atoms with van der Waals surface area (Å²) in [4.78, 5) is 2.27. The Bertz CT molecular complexity index is 326. The van der Waals surface area contributed by atoms with E-state index in [1.807, 2.05) is 24.3 Å². The fourth-order valence-electron chi connectivity index (χ4n) is 2.02. The Kier molecular flexibility index (Phi) is 4.04. The fourth-order valence-corrected chi connectivity index (χ4v) is 2.14. The standard InChI is InChI=1S/C12H16ClNO2/c13-10-1-3-11(4-2-10)14-6-8-16-9-12(14)5-7-15/h1-4,12,15H,5-9H2. The molecule has 1 aliphatic heterocycles. The van der Waals surface area contributed by atoms with Crippen molar-refractivity contribution in [3.05, 3.63) is 29.3 Å². The number of halogens is 1. The van der Waals surface area contributed by atoms with Crippen LogP contribution in [0.5, 0.6) is 0 Å². The summed E-state index contributed by atoms with van der Waals surface area (Å²) in [7, 11) is 0. The van der Waals surface area contributed by atoms with Crippen LogP contribution in [0.2, 0.25) is 5.02 Å². The molecule has 1 heterocycles. The quantitative estimate of drug-likeness (QED) is 0.878. The predicted octanol–water partition coefficient (Wildman–Crippen LogP) is 1.93. The molecule has 2 rings (SSSR count).